The third-order valence-corrected chi connectivity index (χ3v) is 3.05. The molecule has 0 aliphatic heterocycles. The van der Waals surface area contributed by atoms with E-state index in [0.29, 0.717) is 0 Å². The Kier molecular flexibility index (Phi) is 3.06. The molecule has 2 aromatic rings. The summed E-state index contributed by atoms with van der Waals surface area (Å²) < 4.78 is 31.3. The monoisotopic (exact) mass is 301 g/mol. The number of carbonyl (C=O) groups is 1. The van der Waals surface area contributed by atoms with Gasteiger partial charge in [-0.15, -0.1) is 0 Å². The Bertz CT molecular complexity index is 616. The van der Waals surface area contributed by atoms with Gasteiger partial charge in [-0.3, -0.25) is 4.98 Å². The van der Waals surface area contributed by atoms with Crippen molar-refractivity contribution >= 4 is 32.8 Å². The van der Waals surface area contributed by atoms with E-state index in [1.165, 1.54) is 13.3 Å². The second kappa shape index (κ2) is 4.37. The molecule has 0 aliphatic rings. The standard InChI is InChI=1S/C11H6BrF2NO2/c1-17-11(16)6-4-15-8-3-5(13)2-7(14)9(8)10(6)12/h2-4H,1H3. The molecule has 6 heteroatoms. The predicted octanol–water partition coefficient (Wildman–Crippen LogP) is 3.06. The number of aromatic nitrogens is 1. The van der Waals surface area contributed by atoms with Gasteiger partial charge in [-0.25, -0.2) is 13.6 Å². The van der Waals surface area contributed by atoms with E-state index in [1.807, 2.05) is 0 Å². The van der Waals surface area contributed by atoms with Crippen molar-refractivity contribution in [1.82, 2.24) is 4.98 Å². The van der Waals surface area contributed by atoms with Crippen molar-refractivity contribution < 1.29 is 18.3 Å². The first-order chi connectivity index (χ1) is 8.04. The maximum absolute atomic E-state index is 13.6. The Morgan fingerprint density at radius 3 is 2.76 bits per heavy atom. The molecule has 3 nitrogen and oxygen atoms in total. The Hall–Kier alpha value is -1.56. The molecule has 0 spiro atoms. The number of hydrogen-bond acceptors (Lipinski definition) is 3. The molecule has 1 heterocycles. The lowest BCUT2D eigenvalue weighted by molar-refractivity contribution is 0.0599. The van der Waals surface area contributed by atoms with Gasteiger partial charge in [0.25, 0.3) is 0 Å². The van der Waals surface area contributed by atoms with Gasteiger partial charge in [-0.2, -0.15) is 0 Å². The van der Waals surface area contributed by atoms with Gasteiger partial charge in [-0.05, 0) is 15.9 Å². The highest BCUT2D eigenvalue weighted by Crippen LogP contribution is 2.29. The highest BCUT2D eigenvalue weighted by molar-refractivity contribution is 9.10. The maximum Gasteiger partial charge on any atom is 0.340 e. The van der Waals surface area contributed by atoms with Gasteiger partial charge in [0, 0.05) is 22.8 Å². The fourth-order valence-corrected chi connectivity index (χ4v) is 2.11. The summed E-state index contributed by atoms with van der Waals surface area (Å²) in [6.07, 6.45) is 1.21. The summed E-state index contributed by atoms with van der Waals surface area (Å²) in [6.45, 7) is 0. The SMILES string of the molecule is COC(=O)c1cnc2cc(F)cc(F)c2c1Br. The Morgan fingerprint density at radius 1 is 1.41 bits per heavy atom. The number of hydrogen-bond donors (Lipinski definition) is 0. The van der Waals surface area contributed by atoms with Crippen LogP contribution in [0.3, 0.4) is 0 Å². The lowest BCUT2D eigenvalue weighted by Crippen LogP contribution is -2.04. The van der Waals surface area contributed by atoms with Crippen LogP contribution in [0.5, 0.6) is 0 Å². The molecule has 17 heavy (non-hydrogen) atoms. The summed E-state index contributed by atoms with van der Waals surface area (Å²) in [5, 5.41) is 0.0503. The zero-order chi connectivity index (χ0) is 12.6. The topological polar surface area (TPSA) is 39.2 Å². The summed E-state index contributed by atoms with van der Waals surface area (Å²) >= 11 is 3.10. The van der Waals surface area contributed by atoms with Gasteiger partial charge >= 0.3 is 5.97 Å². The molecule has 0 N–H and O–H groups in total. The molecule has 1 aromatic carbocycles. The molecule has 0 aliphatic carbocycles. The van der Waals surface area contributed by atoms with Crippen molar-refractivity contribution in [2.75, 3.05) is 7.11 Å². The smallest absolute Gasteiger partial charge is 0.340 e. The molecule has 0 atom stereocenters. The van der Waals surface area contributed by atoms with Crippen LogP contribution in [0, 0.1) is 11.6 Å². The van der Waals surface area contributed by atoms with Crippen LogP contribution < -0.4 is 0 Å². The zero-order valence-electron chi connectivity index (χ0n) is 8.63. The number of esters is 1. The minimum atomic E-state index is -0.787. The Balaban J connectivity index is 2.80. The van der Waals surface area contributed by atoms with E-state index in [1.54, 1.807) is 0 Å². The van der Waals surface area contributed by atoms with E-state index >= 15 is 0 Å². The summed E-state index contributed by atoms with van der Waals surface area (Å²) in [4.78, 5) is 15.2. The van der Waals surface area contributed by atoms with Crippen molar-refractivity contribution in [2.45, 2.75) is 0 Å². The van der Waals surface area contributed by atoms with Gasteiger partial charge in [0.1, 0.15) is 11.6 Å². The largest absolute Gasteiger partial charge is 0.465 e. The number of benzene rings is 1. The van der Waals surface area contributed by atoms with Gasteiger partial charge in [0.05, 0.1) is 23.6 Å². The number of rotatable bonds is 1. The van der Waals surface area contributed by atoms with Gasteiger partial charge in [-0.1, -0.05) is 0 Å². The number of carbonyl (C=O) groups excluding carboxylic acids is 1. The highest BCUT2D eigenvalue weighted by Gasteiger charge is 2.17. The quantitative estimate of drug-likeness (QED) is 0.760. The highest BCUT2D eigenvalue weighted by atomic mass is 79.9. The number of halogens is 3. The van der Waals surface area contributed by atoms with E-state index in [4.69, 9.17) is 0 Å². The number of nitrogens with zero attached hydrogens (tertiary/aromatic N) is 1. The van der Waals surface area contributed by atoms with Gasteiger partial charge < -0.3 is 4.74 Å². The number of pyridine rings is 1. The molecular formula is C11H6BrF2NO2. The van der Waals surface area contributed by atoms with Crippen LogP contribution in [0.1, 0.15) is 10.4 Å². The Labute approximate surface area is 104 Å². The predicted molar refractivity (Wildman–Crippen MR) is 60.7 cm³/mol. The number of methoxy groups -OCH3 is 1. The van der Waals surface area contributed by atoms with Crippen molar-refractivity contribution in [2.24, 2.45) is 0 Å². The van der Waals surface area contributed by atoms with E-state index in [0.717, 1.165) is 12.1 Å². The van der Waals surface area contributed by atoms with Crippen molar-refractivity contribution in [1.29, 1.82) is 0 Å². The summed E-state index contributed by atoms with van der Waals surface area (Å²) in [6, 6.07) is 1.82. The minimum Gasteiger partial charge on any atom is -0.465 e. The molecule has 0 radical (unpaired) electrons. The third kappa shape index (κ3) is 2.00. The van der Waals surface area contributed by atoms with Gasteiger partial charge in [0.2, 0.25) is 0 Å². The molecule has 88 valence electrons. The maximum atomic E-state index is 13.6. The van der Waals surface area contributed by atoms with Crippen LogP contribution in [0.4, 0.5) is 8.78 Å². The lowest BCUT2D eigenvalue weighted by Gasteiger charge is -2.06. The van der Waals surface area contributed by atoms with Crippen molar-refractivity contribution in [3.05, 3.63) is 40.0 Å². The first-order valence-corrected chi connectivity index (χ1v) is 5.35. The van der Waals surface area contributed by atoms with Crippen LogP contribution in [0.2, 0.25) is 0 Å². The zero-order valence-corrected chi connectivity index (χ0v) is 10.2. The van der Waals surface area contributed by atoms with E-state index in [9.17, 15) is 13.6 Å². The molecule has 0 saturated heterocycles. The first-order valence-electron chi connectivity index (χ1n) is 4.56. The number of fused-ring (bicyclic) bond motifs is 1. The van der Waals surface area contributed by atoms with Crippen molar-refractivity contribution in [3.8, 4) is 0 Å². The second-order valence-corrected chi connectivity index (χ2v) is 4.05. The Morgan fingerprint density at radius 2 is 2.12 bits per heavy atom. The molecular weight excluding hydrogens is 296 g/mol. The average molecular weight is 302 g/mol. The summed E-state index contributed by atoms with van der Waals surface area (Å²) in [5.41, 5.74) is 0.215. The van der Waals surface area contributed by atoms with E-state index in [-0.39, 0.29) is 20.9 Å². The second-order valence-electron chi connectivity index (χ2n) is 3.26. The molecule has 0 unspecified atom stereocenters. The lowest BCUT2D eigenvalue weighted by atomic mass is 10.1. The summed E-state index contributed by atoms with van der Waals surface area (Å²) in [5.74, 6) is -2.15. The fourth-order valence-electron chi connectivity index (χ4n) is 1.46. The van der Waals surface area contributed by atoms with Gasteiger partial charge in [0.15, 0.2) is 0 Å². The minimum absolute atomic E-state index is 0.0503. The van der Waals surface area contributed by atoms with Crippen LogP contribution in [-0.2, 0) is 4.74 Å². The molecule has 0 saturated carbocycles. The molecule has 0 bridgehead atoms. The molecule has 0 amide bonds. The van der Waals surface area contributed by atoms with Crippen LogP contribution >= 0.6 is 15.9 Å². The number of ether oxygens (including phenoxy) is 1. The molecule has 0 fully saturated rings. The summed E-state index contributed by atoms with van der Waals surface area (Å²) in [7, 11) is 1.21. The van der Waals surface area contributed by atoms with Crippen LogP contribution in [0.15, 0.2) is 22.8 Å². The van der Waals surface area contributed by atoms with Crippen molar-refractivity contribution in [3.63, 3.8) is 0 Å². The van der Waals surface area contributed by atoms with Crippen LogP contribution in [-0.4, -0.2) is 18.1 Å². The van der Waals surface area contributed by atoms with Crippen LogP contribution in [0.25, 0.3) is 10.9 Å². The first kappa shape index (κ1) is 11.9. The molecule has 2 rings (SSSR count). The third-order valence-electron chi connectivity index (χ3n) is 2.23. The average Bonchev–Trinajstić information content (AvgIpc) is 2.27. The fraction of sp³-hybridized carbons (Fsp3) is 0.0909. The van der Waals surface area contributed by atoms with E-state index in [2.05, 4.69) is 25.7 Å². The van der Waals surface area contributed by atoms with E-state index < -0.39 is 17.6 Å². The normalized spacial score (nSPS) is 10.6. The molecule has 1 aromatic heterocycles.